The fourth-order valence-electron chi connectivity index (χ4n) is 3.73. The topological polar surface area (TPSA) is 81.2 Å². The molecule has 7 heteroatoms. The molecule has 0 unspecified atom stereocenters. The summed E-state index contributed by atoms with van der Waals surface area (Å²) in [6.45, 7) is 0.963. The molecule has 2 heterocycles. The summed E-state index contributed by atoms with van der Waals surface area (Å²) in [4.78, 5) is 3.99. The van der Waals surface area contributed by atoms with Crippen LogP contribution < -0.4 is 5.73 Å². The van der Waals surface area contributed by atoms with Gasteiger partial charge in [-0.3, -0.25) is 0 Å². The molecule has 6 nitrogen and oxygen atoms in total. The second-order valence-corrected chi connectivity index (χ2v) is 8.31. The molecule has 0 bridgehead atoms. The molecule has 1 aromatic rings. The third-order valence-corrected chi connectivity index (χ3v) is 6.64. The van der Waals surface area contributed by atoms with Crippen LogP contribution in [-0.2, 0) is 17.1 Å². The monoisotopic (exact) mass is 312 g/mol. The summed E-state index contributed by atoms with van der Waals surface area (Å²) in [6.07, 6.45) is 9.25. The van der Waals surface area contributed by atoms with Gasteiger partial charge in [0.25, 0.3) is 10.0 Å². The van der Waals surface area contributed by atoms with Gasteiger partial charge in [0.15, 0.2) is 5.03 Å². The average Bonchev–Trinajstić information content (AvgIpc) is 3.07. The highest BCUT2D eigenvalue weighted by Gasteiger charge is 2.41. The Bertz CT molecular complexity index is 592. The lowest BCUT2D eigenvalue weighted by Gasteiger charge is -2.29. The van der Waals surface area contributed by atoms with Gasteiger partial charge in [-0.15, -0.1) is 0 Å². The van der Waals surface area contributed by atoms with E-state index in [0.29, 0.717) is 24.9 Å². The second-order valence-electron chi connectivity index (χ2n) is 6.43. The predicted octanol–water partition coefficient (Wildman–Crippen LogP) is 0.948. The van der Waals surface area contributed by atoms with Gasteiger partial charge in [0.1, 0.15) is 0 Å². The molecule has 1 aliphatic carbocycles. The van der Waals surface area contributed by atoms with Crippen LogP contribution in [0.2, 0.25) is 0 Å². The van der Waals surface area contributed by atoms with Crippen LogP contribution in [0.4, 0.5) is 0 Å². The smallest absolute Gasteiger partial charge is 0.262 e. The van der Waals surface area contributed by atoms with Crippen molar-refractivity contribution in [2.75, 3.05) is 13.1 Å². The molecule has 2 fully saturated rings. The predicted molar refractivity (Wildman–Crippen MR) is 80.0 cm³/mol. The number of rotatable bonds is 3. The lowest BCUT2D eigenvalue weighted by atomic mass is 9.78. The number of aromatic nitrogens is 2. The standard InChI is InChI=1S/C14H24N4O2S/c1-17-9-14(16-10-17)21(19,20)18-7-12(13(15)8-18)11-5-3-2-4-6-11/h9-13H,2-8,15H2,1H3/t12-,13+/m0/s1. The fourth-order valence-corrected chi connectivity index (χ4v) is 5.21. The largest absolute Gasteiger partial charge is 0.339 e. The number of hydrogen-bond acceptors (Lipinski definition) is 4. The second kappa shape index (κ2) is 5.70. The zero-order valence-electron chi connectivity index (χ0n) is 12.5. The molecule has 0 aromatic carbocycles. The Morgan fingerprint density at radius 2 is 1.95 bits per heavy atom. The number of imidazole rings is 1. The molecule has 0 spiro atoms. The van der Waals surface area contributed by atoms with Crippen molar-refractivity contribution in [3.8, 4) is 0 Å². The van der Waals surface area contributed by atoms with Gasteiger partial charge in [0, 0.05) is 32.4 Å². The van der Waals surface area contributed by atoms with Crippen molar-refractivity contribution in [1.82, 2.24) is 13.9 Å². The van der Waals surface area contributed by atoms with Crippen LogP contribution in [0.25, 0.3) is 0 Å². The van der Waals surface area contributed by atoms with Gasteiger partial charge in [-0.1, -0.05) is 32.1 Å². The van der Waals surface area contributed by atoms with E-state index >= 15 is 0 Å². The number of nitrogens with zero attached hydrogens (tertiary/aromatic N) is 3. The van der Waals surface area contributed by atoms with Gasteiger partial charge in [0.2, 0.25) is 0 Å². The van der Waals surface area contributed by atoms with E-state index in [2.05, 4.69) is 4.98 Å². The van der Waals surface area contributed by atoms with E-state index in [9.17, 15) is 8.42 Å². The summed E-state index contributed by atoms with van der Waals surface area (Å²) in [5, 5.41) is 0.126. The van der Waals surface area contributed by atoms with E-state index < -0.39 is 10.0 Å². The maximum absolute atomic E-state index is 12.6. The lowest BCUT2D eigenvalue weighted by molar-refractivity contribution is 0.242. The highest BCUT2D eigenvalue weighted by molar-refractivity contribution is 7.89. The molecule has 2 aliphatic rings. The van der Waals surface area contributed by atoms with Crippen molar-refractivity contribution < 1.29 is 8.42 Å². The number of sulfonamides is 1. The quantitative estimate of drug-likeness (QED) is 0.901. The van der Waals surface area contributed by atoms with Crippen molar-refractivity contribution in [2.45, 2.75) is 43.2 Å². The van der Waals surface area contributed by atoms with Crippen LogP contribution in [0, 0.1) is 11.8 Å². The molecule has 0 amide bonds. The van der Waals surface area contributed by atoms with Gasteiger partial charge < -0.3 is 10.3 Å². The molecule has 118 valence electrons. The van der Waals surface area contributed by atoms with Crippen LogP contribution >= 0.6 is 0 Å². The summed E-state index contributed by atoms with van der Waals surface area (Å²) in [5.41, 5.74) is 6.25. The van der Waals surface area contributed by atoms with Crippen molar-refractivity contribution >= 4 is 10.0 Å². The summed E-state index contributed by atoms with van der Waals surface area (Å²) >= 11 is 0. The van der Waals surface area contributed by atoms with E-state index in [-0.39, 0.29) is 11.1 Å². The maximum Gasteiger partial charge on any atom is 0.262 e. The Kier molecular flexibility index (Phi) is 4.07. The van der Waals surface area contributed by atoms with E-state index in [0.717, 1.165) is 0 Å². The molecule has 0 radical (unpaired) electrons. The SMILES string of the molecule is Cn1cnc(S(=O)(=O)N2C[C@@H](N)[C@H](C3CCCCC3)C2)c1. The molecule has 3 rings (SSSR count). The minimum absolute atomic E-state index is 0.0495. The molecule has 21 heavy (non-hydrogen) atoms. The van der Waals surface area contributed by atoms with Gasteiger partial charge >= 0.3 is 0 Å². The zero-order chi connectivity index (χ0) is 15.0. The first-order valence-electron chi connectivity index (χ1n) is 7.72. The lowest BCUT2D eigenvalue weighted by Crippen LogP contribution is -2.34. The number of aryl methyl sites for hydroxylation is 1. The summed E-state index contributed by atoms with van der Waals surface area (Å²) in [5.74, 6) is 0.876. The highest BCUT2D eigenvalue weighted by Crippen LogP contribution is 2.36. The van der Waals surface area contributed by atoms with Crippen molar-refractivity contribution in [2.24, 2.45) is 24.6 Å². The van der Waals surface area contributed by atoms with Crippen LogP contribution in [0.15, 0.2) is 17.6 Å². The Morgan fingerprint density at radius 1 is 1.24 bits per heavy atom. The van der Waals surface area contributed by atoms with Gasteiger partial charge in [0.05, 0.1) is 6.33 Å². The first-order chi connectivity index (χ1) is 9.98. The molecule has 1 aromatic heterocycles. The molecular formula is C14H24N4O2S. The Morgan fingerprint density at radius 3 is 2.57 bits per heavy atom. The van der Waals surface area contributed by atoms with Crippen LogP contribution in [-0.4, -0.2) is 41.4 Å². The minimum Gasteiger partial charge on any atom is -0.339 e. The zero-order valence-corrected chi connectivity index (χ0v) is 13.3. The molecule has 1 saturated heterocycles. The average molecular weight is 312 g/mol. The molecule has 2 N–H and O–H groups in total. The van der Waals surface area contributed by atoms with Crippen LogP contribution in [0.1, 0.15) is 32.1 Å². The first-order valence-corrected chi connectivity index (χ1v) is 9.16. The Hall–Kier alpha value is -0.920. The van der Waals surface area contributed by atoms with E-state index in [4.69, 9.17) is 5.73 Å². The molecule has 1 saturated carbocycles. The molecule has 2 atom stereocenters. The third-order valence-electron chi connectivity index (χ3n) is 4.92. The normalized spacial score (nSPS) is 29.0. The Labute approximate surface area is 126 Å². The van der Waals surface area contributed by atoms with Crippen molar-refractivity contribution in [3.63, 3.8) is 0 Å². The fraction of sp³-hybridized carbons (Fsp3) is 0.786. The number of hydrogen-bond donors (Lipinski definition) is 1. The maximum atomic E-state index is 12.6. The summed E-state index contributed by atoms with van der Waals surface area (Å²) in [7, 11) is -1.73. The van der Waals surface area contributed by atoms with E-state index in [1.807, 2.05) is 0 Å². The van der Waals surface area contributed by atoms with Gasteiger partial charge in [-0.25, -0.2) is 13.4 Å². The highest BCUT2D eigenvalue weighted by atomic mass is 32.2. The first kappa shape index (κ1) is 15.0. The molecular weight excluding hydrogens is 288 g/mol. The Balaban J connectivity index is 1.75. The summed E-state index contributed by atoms with van der Waals surface area (Å²) in [6, 6.07) is -0.0495. The van der Waals surface area contributed by atoms with Crippen molar-refractivity contribution in [3.05, 3.63) is 12.5 Å². The van der Waals surface area contributed by atoms with Crippen LogP contribution in [0.3, 0.4) is 0 Å². The molecule has 1 aliphatic heterocycles. The summed E-state index contributed by atoms with van der Waals surface area (Å²) < 4.78 is 28.4. The van der Waals surface area contributed by atoms with Gasteiger partial charge in [-0.05, 0) is 11.8 Å². The van der Waals surface area contributed by atoms with Crippen LogP contribution in [0.5, 0.6) is 0 Å². The van der Waals surface area contributed by atoms with Crippen molar-refractivity contribution in [1.29, 1.82) is 0 Å². The van der Waals surface area contributed by atoms with Gasteiger partial charge in [-0.2, -0.15) is 4.31 Å². The van der Waals surface area contributed by atoms with E-state index in [1.165, 1.54) is 42.7 Å². The van der Waals surface area contributed by atoms with E-state index in [1.54, 1.807) is 17.8 Å². The third kappa shape index (κ3) is 2.86. The minimum atomic E-state index is -3.50. The number of nitrogens with two attached hydrogens (primary N) is 1.